The van der Waals surface area contributed by atoms with Gasteiger partial charge in [0.05, 0.1) is 7.11 Å². The van der Waals surface area contributed by atoms with E-state index in [9.17, 15) is 4.79 Å². The van der Waals surface area contributed by atoms with E-state index in [4.69, 9.17) is 10.5 Å². The number of carbonyl (C=O) groups is 1. The van der Waals surface area contributed by atoms with E-state index in [1.165, 1.54) is 0 Å². The van der Waals surface area contributed by atoms with Crippen molar-refractivity contribution in [3.8, 4) is 5.88 Å². The number of anilines is 1. The molecule has 2 aromatic rings. The minimum atomic E-state index is -0.306. The van der Waals surface area contributed by atoms with Crippen molar-refractivity contribution in [1.82, 2.24) is 20.5 Å². The number of methoxy groups -OCH3 is 1. The van der Waals surface area contributed by atoms with E-state index in [0.717, 1.165) is 16.9 Å². The zero-order valence-corrected chi connectivity index (χ0v) is 10.4. The minimum absolute atomic E-state index is 0.244. The highest BCUT2D eigenvalue weighted by atomic mass is 32.1. The van der Waals surface area contributed by atoms with Crippen molar-refractivity contribution in [1.29, 1.82) is 0 Å². The number of amides is 1. The summed E-state index contributed by atoms with van der Waals surface area (Å²) < 4.78 is 4.94. The number of hydrogen-bond donors (Lipinski definition) is 2. The quantitative estimate of drug-likeness (QED) is 0.832. The molecule has 0 saturated heterocycles. The van der Waals surface area contributed by atoms with Gasteiger partial charge < -0.3 is 15.8 Å². The third-order valence-electron chi connectivity index (χ3n) is 2.09. The highest BCUT2D eigenvalue weighted by Crippen LogP contribution is 2.11. The van der Waals surface area contributed by atoms with Gasteiger partial charge >= 0.3 is 0 Å². The number of nitrogens with two attached hydrogens (primary N) is 1. The summed E-state index contributed by atoms with van der Waals surface area (Å²) in [6.07, 6.45) is 1.63. The molecule has 94 valence electrons. The maximum absolute atomic E-state index is 11.7. The van der Waals surface area contributed by atoms with Gasteiger partial charge in [-0.1, -0.05) is 17.4 Å². The summed E-state index contributed by atoms with van der Waals surface area (Å²) in [6, 6.07) is 3.55. The van der Waals surface area contributed by atoms with Gasteiger partial charge in [-0.15, -0.1) is 10.2 Å². The van der Waals surface area contributed by atoms with Crippen molar-refractivity contribution < 1.29 is 9.53 Å². The van der Waals surface area contributed by atoms with Crippen molar-refractivity contribution in [3.05, 3.63) is 28.9 Å². The molecule has 1 amide bonds. The first-order valence-electron chi connectivity index (χ1n) is 5.05. The Balaban J connectivity index is 1.92. The Hall–Kier alpha value is -2.22. The van der Waals surface area contributed by atoms with E-state index in [1.807, 2.05) is 6.07 Å². The summed E-state index contributed by atoms with van der Waals surface area (Å²) in [7, 11) is 1.55. The summed E-state index contributed by atoms with van der Waals surface area (Å²) in [5, 5.41) is 10.4. The van der Waals surface area contributed by atoms with Gasteiger partial charge in [-0.2, -0.15) is 0 Å². The van der Waals surface area contributed by atoms with E-state index in [2.05, 4.69) is 20.5 Å². The van der Waals surface area contributed by atoms with Crippen LogP contribution in [0.25, 0.3) is 0 Å². The Morgan fingerprint density at radius 1 is 1.50 bits per heavy atom. The molecule has 0 atom stereocenters. The van der Waals surface area contributed by atoms with E-state index in [0.29, 0.717) is 12.4 Å². The molecule has 2 heterocycles. The Kier molecular flexibility index (Phi) is 3.68. The van der Waals surface area contributed by atoms with Gasteiger partial charge in [0.15, 0.2) is 0 Å². The molecule has 0 radical (unpaired) electrons. The molecule has 0 saturated carbocycles. The Labute approximate surface area is 107 Å². The van der Waals surface area contributed by atoms with Gasteiger partial charge in [0, 0.05) is 18.8 Å². The molecule has 0 aliphatic rings. The lowest BCUT2D eigenvalue weighted by atomic mass is 10.3. The molecule has 0 aliphatic carbocycles. The topological polar surface area (TPSA) is 103 Å². The molecule has 18 heavy (non-hydrogen) atoms. The second-order valence-electron chi connectivity index (χ2n) is 3.34. The predicted molar refractivity (Wildman–Crippen MR) is 66.3 cm³/mol. The SMILES string of the molecule is COc1ccc(CNC(=O)c2nnc(N)s2)cn1. The molecule has 3 N–H and O–H groups in total. The largest absolute Gasteiger partial charge is 0.481 e. The van der Waals surface area contributed by atoms with Crippen LogP contribution in [0, 0.1) is 0 Å². The minimum Gasteiger partial charge on any atom is -0.481 e. The fourth-order valence-corrected chi connectivity index (χ4v) is 1.75. The van der Waals surface area contributed by atoms with Gasteiger partial charge in [0.25, 0.3) is 5.91 Å². The number of nitrogens with zero attached hydrogens (tertiary/aromatic N) is 3. The first-order valence-corrected chi connectivity index (χ1v) is 5.87. The van der Waals surface area contributed by atoms with Crippen LogP contribution in [0.4, 0.5) is 5.13 Å². The van der Waals surface area contributed by atoms with Crippen molar-refractivity contribution in [2.24, 2.45) is 0 Å². The van der Waals surface area contributed by atoms with E-state index in [-0.39, 0.29) is 16.0 Å². The van der Waals surface area contributed by atoms with Crippen molar-refractivity contribution in [2.75, 3.05) is 12.8 Å². The van der Waals surface area contributed by atoms with Crippen molar-refractivity contribution in [3.63, 3.8) is 0 Å². The number of hydrogen-bond acceptors (Lipinski definition) is 7. The number of rotatable bonds is 4. The van der Waals surface area contributed by atoms with Crippen LogP contribution in [0.2, 0.25) is 0 Å². The maximum Gasteiger partial charge on any atom is 0.282 e. The van der Waals surface area contributed by atoms with Crippen LogP contribution in [-0.2, 0) is 6.54 Å². The average Bonchev–Trinajstić information content (AvgIpc) is 2.83. The smallest absolute Gasteiger partial charge is 0.282 e. The number of pyridine rings is 1. The van der Waals surface area contributed by atoms with Crippen LogP contribution < -0.4 is 15.8 Å². The molecular formula is C10H11N5O2S. The molecular weight excluding hydrogens is 254 g/mol. The first-order chi connectivity index (χ1) is 8.69. The van der Waals surface area contributed by atoms with Gasteiger partial charge in [-0.25, -0.2) is 4.98 Å². The Morgan fingerprint density at radius 3 is 2.89 bits per heavy atom. The van der Waals surface area contributed by atoms with Crippen LogP contribution in [0.3, 0.4) is 0 Å². The maximum atomic E-state index is 11.7. The normalized spacial score (nSPS) is 10.1. The van der Waals surface area contributed by atoms with E-state index in [1.54, 1.807) is 19.4 Å². The molecule has 0 aromatic carbocycles. The molecule has 0 aliphatic heterocycles. The molecule has 2 rings (SSSR count). The van der Waals surface area contributed by atoms with Crippen LogP contribution in [0.1, 0.15) is 15.4 Å². The molecule has 0 bridgehead atoms. The van der Waals surface area contributed by atoms with Crippen LogP contribution >= 0.6 is 11.3 Å². The molecule has 2 aromatic heterocycles. The third kappa shape index (κ3) is 2.92. The predicted octanol–water partition coefficient (Wildman–Crippen LogP) is 0.454. The number of ether oxygens (including phenoxy) is 1. The highest BCUT2D eigenvalue weighted by Gasteiger charge is 2.10. The first kappa shape index (κ1) is 12.2. The van der Waals surface area contributed by atoms with Gasteiger partial charge in [0.2, 0.25) is 16.0 Å². The third-order valence-corrected chi connectivity index (χ3v) is 2.85. The van der Waals surface area contributed by atoms with Gasteiger partial charge in [-0.3, -0.25) is 4.79 Å². The highest BCUT2D eigenvalue weighted by molar-refractivity contribution is 7.16. The van der Waals surface area contributed by atoms with E-state index < -0.39 is 0 Å². The number of carbonyl (C=O) groups excluding carboxylic acids is 1. The summed E-state index contributed by atoms with van der Waals surface area (Å²) in [4.78, 5) is 15.7. The second-order valence-corrected chi connectivity index (χ2v) is 4.35. The monoisotopic (exact) mass is 265 g/mol. The van der Waals surface area contributed by atoms with E-state index >= 15 is 0 Å². The van der Waals surface area contributed by atoms with Crippen LogP contribution in [-0.4, -0.2) is 28.2 Å². The second kappa shape index (κ2) is 5.41. The molecule has 7 nitrogen and oxygen atoms in total. The number of aromatic nitrogens is 3. The van der Waals surface area contributed by atoms with Crippen LogP contribution in [0.15, 0.2) is 18.3 Å². The lowest BCUT2D eigenvalue weighted by Crippen LogP contribution is -2.22. The number of nitrogen functional groups attached to an aromatic ring is 1. The standard InChI is InChI=1S/C10H11N5O2S/c1-17-7-3-2-6(4-12-7)5-13-8(16)9-14-15-10(11)18-9/h2-4H,5H2,1H3,(H2,11,15)(H,13,16). The Morgan fingerprint density at radius 2 is 2.33 bits per heavy atom. The molecule has 0 spiro atoms. The fourth-order valence-electron chi connectivity index (χ4n) is 1.22. The summed E-state index contributed by atoms with van der Waals surface area (Å²) in [6.45, 7) is 0.356. The fraction of sp³-hybridized carbons (Fsp3) is 0.200. The number of nitrogens with one attached hydrogen (secondary N) is 1. The lowest BCUT2D eigenvalue weighted by molar-refractivity contribution is 0.0950. The zero-order chi connectivity index (χ0) is 13.0. The zero-order valence-electron chi connectivity index (χ0n) is 9.58. The summed E-state index contributed by atoms with van der Waals surface area (Å²) in [5.41, 5.74) is 6.26. The molecule has 0 unspecified atom stereocenters. The molecule has 8 heteroatoms. The van der Waals surface area contributed by atoms with Crippen molar-refractivity contribution >= 4 is 22.4 Å². The van der Waals surface area contributed by atoms with Crippen molar-refractivity contribution in [2.45, 2.75) is 6.54 Å². The van der Waals surface area contributed by atoms with Crippen LogP contribution in [0.5, 0.6) is 5.88 Å². The lowest BCUT2D eigenvalue weighted by Gasteiger charge is -2.03. The molecule has 0 fully saturated rings. The van der Waals surface area contributed by atoms with Gasteiger partial charge in [0.1, 0.15) is 0 Å². The Bertz CT molecular complexity index is 539. The summed E-state index contributed by atoms with van der Waals surface area (Å²) in [5.74, 6) is 0.224. The summed E-state index contributed by atoms with van der Waals surface area (Å²) >= 11 is 1.04. The average molecular weight is 265 g/mol. The van der Waals surface area contributed by atoms with Gasteiger partial charge in [-0.05, 0) is 5.56 Å².